The van der Waals surface area contributed by atoms with Gasteiger partial charge in [0.25, 0.3) is 5.91 Å². The van der Waals surface area contributed by atoms with E-state index in [1.54, 1.807) is 34.4 Å². The van der Waals surface area contributed by atoms with Crippen molar-refractivity contribution in [2.45, 2.75) is 18.9 Å². The number of nitrogens with one attached hydrogen (secondary N) is 1. The van der Waals surface area contributed by atoms with Crippen molar-refractivity contribution in [3.8, 4) is 0 Å². The van der Waals surface area contributed by atoms with Gasteiger partial charge in [0.2, 0.25) is 5.91 Å². The van der Waals surface area contributed by atoms with Crippen LogP contribution < -0.4 is 5.32 Å². The molecule has 2 aromatic rings. The van der Waals surface area contributed by atoms with Crippen molar-refractivity contribution >= 4 is 46.4 Å². The smallest absolute Gasteiger partial charge is 0.253 e. The number of carbonyl (C=O) groups excluding carboxylic acids is 2. The second-order valence-electron chi connectivity index (χ2n) is 7.50. The van der Waals surface area contributed by atoms with E-state index in [0.29, 0.717) is 35.2 Å². The summed E-state index contributed by atoms with van der Waals surface area (Å²) in [7, 11) is 4.01. The Labute approximate surface area is 185 Å². The molecule has 8 heteroatoms. The first-order valence-electron chi connectivity index (χ1n) is 9.57. The minimum Gasteiger partial charge on any atom is -0.354 e. The Kier molecular flexibility index (Phi) is 7.57. The third-order valence-electron chi connectivity index (χ3n) is 5.27. The molecule has 0 radical (unpaired) electrons. The number of amides is 2. The van der Waals surface area contributed by atoms with Crippen LogP contribution in [0.3, 0.4) is 0 Å². The van der Waals surface area contributed by atoms with E-state index in [1.165, 1.54) is 5.56 Å². The molecule has 29 heavy (non-hydrogen) atoms. The average molecular weight is 454 g/mol. The fraction of sp³-hybridized carbons (Fsp3) is 0.429. The number of piperidine rings is 1. The van der Waals surface area contributed by atoms with E-state index < -0.39 is 0 Å². The number of benzene rings is 1. The molecule has 0 bridgehead atoms. The lowest BCUT2D eigenvalue weighted by atomic mass is 9.96. The summed E-state index contributed by atoms with van der Waals surface area (Å²) in [5.74, 6) is -0.329. The zero-order chi connectivity index (χ0) is 21.0. The number of likely N-dealkylation sites (N-methyl/N-ethyl adjacent to an activating group) is 1. The maximum Gasteiger partial charge on any atom is 0.253 e. The number of carbonyl (C=O) groups is 2. The first-order chi connectivity index (χ1) is 13.9. The van der Waals surface area contributed by atoms with Crippen molar-refractivity contribution in [1.29, 1.82) is 0 Å². The van der Waals surface area contributed by atoms with Gasteiger partial charge in [-0.05, 0) is 67.5 Å². The van der Waals surface area contributed by atoms with E-state index in [1.807, 2.05) is 19.5 Å². The Morgan fingerprint density at radius 1 is 1.28 bits per heavy atom. The van der Waals surface area contributed by atoms with Gasteiger partial charge in [0, 0.05) is 25.2 Å². The molecule has 0 aliphatic carbocycles. The molecule has 2 heterocycles. The molecule has 3 rings (SSSR count). The predicted molar refractivity (Wildman–Crippen MR) is 119 cm³/mol. The van der Waals surface area contributed by atoms with E-state index in [4.69, 9.17) is 23.2 Å². The molecule has 0 spiro atoms. The van der Waals surface area contributed by atoms with Crippen LogP contribution in [0.25, 0.3) is 0 Å². The number of thiophene rings is 1. The molecule has 1 aliphatic heterocycles. The Balaban J connectivity index is 1.60. The standard InChI is InChI=1S/C21H25Cl2N3O2S/c1-25(2)19(16-7-9-29-13-16)11-24-20(27)15-4-3-8-26(12-15)21(28)14-5-6-17(22)18(23)10-14/h5-7,9-10,13,15,19H,3-4,8,11-12H2,1-2H3,(H,24,27). The van der Waals surface area contributed by atoms with E-state index in [9.17, 15) is 9.59 Å². The average Bonchev–Trinajstić information content (AvgIpc) is 3.23. The molecule has 2 amide bonds. The van der Waals surface area contributed by atoms with Crippen LogP contribution in [0.5, 0.6) is 0 Å². The Morgan fingerprint density at radius 3 is 2.72 bits per heavy atom. The largest absolute Gasteiger partial charge is 0.354 e. The van der Waals surface area contributed by atoms with Gasteiger partial charge in [-0.25, -0.2) is 0 Å². The zero-order valence-electron chi connectivity index (χ0n) is 16.5. The molecular formula is C21H25Cl2N3O2S. The van der Waals surface area contributed by atoms with Crippen LogP contribution in [-0.4, -0.2) is 55.3 Å². The maximum absolute atomic E-state index is 12.8. The van der Waals surface area contributed by atoms with Gasteiger partial charge in [0.05, 0.1) is 22.0 Å². The molecule has 5 nitrogen and oxygen atoms in total. The van der Waals surface area contributed by atoms with E-state index in [-0.39, 0.29) is 23.8 Å². The number of rotatable bonds is 6. The molecule has 1 aromatic heterocycles. The first-order valence-corrected chi connectivity index (χ1v) is 11.3. The Morgan fingerprint density at radius 2 is 2.07 bits per heavy atom. The summed E-state index contributed by atoms with van der Waals surface area (Å²) >= 11 is 13.6. The van der Waals surface area contributed by atoms with Crippen molar-refractivity contribution in [1.82, 2.24) is 15.1 Å². The number of hydrogen-bond acceptors (Lipinski definition) is 4. The fourth-order valence-corrected chi connectivity index (χ4v) is 4.60. The van der Waals surface area contributed by atoms with Crippen LogP contribution in [0.2, 0.25) is 10.0 Å². The van der Waals surface area contributed by atoms with E-state index in [2.05, 4.69) is 21.7 Å². The quantitative estimate of drug-likeness (QED) is 0.707. The van der Waals surface area contributed by atoms with Gasteiger partial charge in [-0.1, -0.05) is 23.2 Å². The lowest BCUT2D eigenvalue weighted by molar-refractivity contribution is -0.126. The fourth-order valence-electron chi connectivity index (χ4n) is 3.59. The molecule has 156 valence electrons. The maximum atomic E-state index is 12.8. The lowest BCUT2D eigenvalue weighted by Gasteiger charge is -2.33. The number of hydrogen-bond donors (Lipinski definition) is 1. The SMILES string of the molecule is CN(C)C(CNC(=O)C1CCCN(C(=O)c2ccc(Cl)c(Cl)c2)C1)c1ccsc1. The topological polar surface area (TPSA) is 52.7 Å². The van der Waals surface area contributed by atoms with Gasteiger partial charge in [-0.3, -0.25) is 9.59 Å². The highest BCUT2D eigenvalue weighted by Crippen LogP contribution is 2.25. The molecule has 1 aliphatic rings. The predicted octanol–water partition coefficient (Wildman–Crippen LogP) is 4.33. The summed E-state index contributed by atoms with van der Waals surface area (Å²) in [6, 6.07) is 7.08. The van der Waals surface area contributed by atoms with Crippen LogP contribution in [0.4, 0.5) is 0 Å². The highest BCUT2D eigenvalue weighted by molar-refractivity contribution is 7.08. The molecule has 2 atom stereocenters. The van der Waals surface area contributed by atoms with Gasteiger partial charge in [0.1, 0.15) is 0 Å². The molecular weight excluding hydrogens is 429 g/mol. The molecule has 0 saturated carbocycles. The summed E-state index contributed by atoms with van der Waals surface area (Å²) in [4.78, 5) is 29.5. The highest BCUT2D eigenvalue weighted by Gasteiger charge is 2.29. The Hall–Kier alpha value is -1.60. The van der Waals surface area contributed by atoms with Gasteiger partial charge in [0.15, 0.2) is 0 Å². The number of halogens is 2. The number of nitrogens with zero attached hydrogens (tertiary/aromatic N) is 2. The van der Waals surface area contributed by atoms with Gasteiger partial charge in [-0.2, -0.15) is 11.3 Å². The second kappa shape index (κ2) is 9.94. The van der Waals surface area contributed by atoms with Crippen LogP contribution in [0.15, 0.2) is 35.0 Å². The summed E-state index contributed by atoms with van der Waals surface area (Å²) in [5.41, 5.74) is 1.69. The molecule has 1 fully saturated rings. The van der Waals surface area contributed by atoms with Crippen molar-refractivity contribution in [3.63, 3.8) is 0 Å². The monoisotopic (exact) mass is 453 g/mol. The molecule has 1 N–H and O–H groups in total. The van der Waals surface area contributed by atoms with Crippen LogP contribution >= 0.6 is 34.5 Å². The molecule has 2 unspecified atom stereocenters. The normalized spacial score (nSPS) is 18.0. The van der Waals surface area contributed by atoms with Crippen LogP contribution in [0.1, 0.15) is 34.8 Å². The Bertz CT molecular complexity index is 858. The van der Waals surface area contributed by atoms with Crippen LogP contribution in [0, 0.1) is 5.92 Å². The lowest BCUT2D eigenvalue weighted by Crippen LogP contribution is -2.46. The molecule has 1 saturated heterocycles. The van der Waals surface area contributed by atoms with E-state index >= 15 is 0 Å². The molecule has 1 aromatic carbocycles. The van der Waals surface area contributed by atoms with Gasteiger partial charge in [-0.15, -0.1) is 0 Å². The minimum atomic E-state index is -0.208. The van der Waals surface area contributed by atoms with Crippen LogP contribution in [-0.2, 0) is 4.79 Å². The summed E-state index contributed by atoms with van der Waals surface area (Å²) < 4.78 is 0. The van der Waals surface area contributed by atoms with E-state index in [0.717, 1.165) is 12.8 Å². The first kappa shape index (κ1) is 22.1. The van der Waals surface area contributed by atoms with Crippen molar-refractivity contribution < 1.29 is 9.59 Å². The third kappa shape index (κ3) is 5.51. The minimum absolute atomic E-state index is 0.00119. The summed E-state index contributed by atoms with van der Waals surface area (Å²) in [6.45, 7) is 1.59. The third-order valence-corrected chi connectivity index (χ3v) is 6.71. The summed E-state index contributed by atoms with van der Waals surface area (Å²) in [5, 5.41) is 8.01. The van der Waals surface area contributed by atoms with Crippen molar-refractivity contribution in [2.24, 2.45) is 5.92 Å². The van der Waals surface area contributed by atoms with Crippen molar-refractivity contribution in [2.75, 3.05) is 33.7 Å². The number of likely N-dealkylation sites (tertiary alicyclic amines) is 1. The van der Waals surface area contributed by atoms with Gasteiger partial charge < -0.3 is 15.1 Å². The second-order valence-corrected chi connectivity index (χ2v) is 9.09. The zero-order valence-corrected chi connectivity index (χ0v) is 18.9. The van der Waals surface area contributed by atoms with Gasteiger partial charge >= 0.3 is 0 Å². The highest BCUT2D eigenvalue weighted by atomic mass is 35.5. The summed E-state index contributed by atoms with van der Waals surface area (Å²) in [6.07, 6.45) is 1.58. The van der Waals surface area contributed by atoms with Crippen molar-refractivity contribution in [3.05, 3.63) is 56.2 Å².